The van der Waals surface area contributed by atoms with E-state index in [1.54, 1.807) is 7.05 Å². The first-order valence-electron chi connectivity index (χ1n) is 11.4. The lowest BCUT2D eigenvalue weighted by atomic mass is 10.0. The molecule has 0 amide bonds. The molecule has 1 aliphatic carbocycles. The Morgan fingerprint density at radius 2 is 1.79 bits per heavy atom. The van der Waals surface area contributed by atoms with Crippen LogP contribution in [-0.2, 0) is 6.42 Å². The van der Waals surface area contributed by atoms with Gasteiger partial charge in [0.25, 0.3) is 0 Å². The van der Waals surface area contributed by atoms with Gasteiger partial charge in [-0.2, -0.15) is 5.10 Å². The number of halogens is 1. The maximum atomic E-state index is 6.73. The average Bonchev–Trinajstić information content (AvgIpc) is 3.50. The van der Waals surface area contributed by atoms with Crippen molar-refractivity contribution in [3.63, 3.8) is 0 Å². The quantitative estimate of drug-likeness (QED) is 0.246. The number of nitrogens with zero attached hydrogens (tertiary/aromatic N) is 5. The zero-order valence-corrected chi connectivity index (χ0v) is 19.6. The number of aromatic nitrogens is 4. The van der Waals surface area contributed by atoms with Gasteiger partial charge in [0.1, 0.15) is 28.2 Å². The Morgan fingerprint density at radius 3 is 2.52 bits per heavy atom. The summed E-state index contributed by atoms with van der Waals surface area (Å²) in [5, 5.41) is 6.21. The van der Waals surface area contributed by atoms with Crippen molar-refractivity contribution in [1.82, 2.24) is 19.7 Å². The van der Waals surface area contributed by atoms with Crippen LogP contribution in [0.4, 0.5) is 0 Å². The molecule has 0 N–H and O–H groups in total. The Hall–Kier alpha value is -3.25. The summed E-state index contributed by atoms with van der Waals surface area (Å²) in [4.78, 5) is 14.0. The summed E-state index contributed by atoms with van der Waals surface area (Å²) in [5.74, 6) is 2.19. The first-order chi connectivity index (χ1) is 16.2. The summed E-state index contributed by atoms with van der Waals surface area (Å²) in [6.07, 6.45) is 5.28. The molecule has 6 nitrogen and oxygen atoms in total. The minimum atomic E-state index is 0.311. The number of rotatable bonds is 6. The van der Waals surface area contributed by atoms with Crippen molar-refractivity contribution in [2.75, 3.05) is 7.05 Å². The lowest BCUT2D eigenvalue weighted by Gasteiger charge is -2.12. The predicted octanol–water partition coefficient (Wildman–Crippen LogP) is 6.42. The van der Waals surface area contributed by atoms with E-state index in [1.165, 1.54) is 12.8 Å². The van der Waals surface area contributed by atoms with Crippen molar-refractivity contribution in [3.8, 4) is 11.5 Å². The number of benzene rings is 2. The smallest absolute Gasteiger partial charge is 0.164 e. The zero-order valence-electron chi connectivity index (χ0n) is 18.8. The Morgan fingerprint density at radius 1 is 1.06 bits per heavy atom. The third-order valence-corrected chi connectivity index (χ3v) is 6.38. The van der Waals surface area contributed by atoms with E-state index in [2.05, 4.69) is 14.7 Å². The number of fused-ring (bicyclic) bond motifs is 1. The lowest BCUT2D eigenvalue weighted by molar-refractivity contribution is 0.476. The molecule has 0 radical (unpaired) electrons. The SMILES string of the molecule is CCc1nc(Cl)c2c(C(=NC)c3ccccc3Oc3ccccc3)nn(C3CCCC3)c2n1. The lowest BCUT2D eigenvalue weighted by Crippen LogP contribution is -2.11. The number of aryl methyl sites for hydroxylation is 1. The molecule has 33 heavy (non-hydrogen) atoms. The fourth-order valence-electron chi connectivity index (χ4n) is 4.49. The highest BCUT2D eigenvalue weighted by molar-refractivity contribution is 6.36. The molecule has 2 heterocycles. The van der Waals surface area contributed by atoms with Crippen LogP contribution in [0.3, 0.4) is 0 Å². The number of para-hydroxylation sites is 2. The van der Waals surface area contributed by atoms with Crippen LogP contribution in [0.25, 0.3) is 11.0 Å². The summed E-state index contributed by atoms with van der Waals surface area (Å²) in [6, 6.07) is 17.9. The van der Waals surface area contributed by atoms with E-state index in [1.807, 2.05) is 61.5 Å². The van der Waals surface area contributed by atoms with Crippen molar-refractivity contribution in [1.29, 1.82) is 0 Å². The molecule has 1 saturated carbocycles. The zero-order chi connectivity index (χ0) is 22.8. The second-order valence-electron chi connectivity index (χ2n) is 8.20. The number of hydrogen-bond donors (Lipinski definition) is 0. The molecule has 4 aromatic rings. The van der Waals surface area contributed by atoms with Gasteiger partial charge >= 0.3 is 0 Å². The average molecular weight is 460 g/mol. The Labute approximate surface area is 198 Å². The van der Waals surface area contributed by atoms with Crippen LogP contribution in [0.5, 0.6) is 11.5 Å². The van der Waals surface area contributed by atoms with Crippen LogP contribution in [0.15, 0.2) is 59.6 Å². The minimum Gasteiger partial charge on any atom is -0.457 e. The summed E-state index contributed by atoms with van der Waals surface area (Å²) in [5.41, 5.74) is 3.03. The normalized spacial score (nSPS) is 14.8. The largest absolute Gasteiger partial charge is 0.457 e. The predicted molar refractivity (Wildman–Crippen MR) is 132 cm³/mol. The molecule has 0 saturated heterocycles. The van der Waals surface area contributed by atoms with Gasteiger partial charge in [0.15, 0.2) is 5.65 Å². The number of aliphatic imine (C=N–C) groups is 1. The molecule has 1 aliphatic rings. The van der Waals surface area contributed by atoms with Gasteiger partial charge < -0.3 is 4.74 Å². The van der Waals surface area contributed by atoms with E-state index in [0.29, 0.717) is 34.8 Å². The van der Waals surface area contributed by atoms with Gasteiger partial charge in [0.2, 0.25) is 0 Å². The topological polar surface area (TPSA) is 65.2 Å². The molecule has 0 spiro atoms. The maximum Gasteiger partial charge on any atom is 0.164 e. The van der Waals surface area contributed by atoms with E-state index >= 15 is 0 Å². The van der Waals surface area contributed by atoms with Gasteiger partial charge in [-0.15, -0.1) is 0 Å². The molecular formula is C26H26ClN5O. The van der Waals surface area contributed by atoms with E-state index in [0.717, 1.165) is 41.0 Å². The van der Waals surface area contributed by atoms with Crippen molar-refractivity contribution < 1.29 is 4.74 Å². The van der Waals surface area contributed by atoms with Gasteiger partial charge in [0, 0.05) is 19.0 Å². The highest BCUT2D eigenvalue weighted by atomic mass is 35.5. The molecular weight excluding hydrogens is 434 g/mol. The molecule has 0 atom stereocenters. The second-order valence-corrected chi connectivity index (χ2v) is 8.56. The second kappa shape index (κ2) is 9.32. The molecule has 2 aromatic heterocycles. The summed E-state index contributed by atoms with van der Waals surface area (Å²) in [6.45, 7) is 2.03. The first-order valence-corrected chi connectivity index (χ1v) is 11.8. The molecule has 0 bridgehead atoms. The third kappa shape index (κ3) is 4.11. The van der Waals surface area contributed by atoms with Crippen LogP contribution >= 0.6 is 11.6 Å². The highest BCUT2D eigenvalue weighted by Crippen LogP contribution is 2.36. The minimum absolute atomic E-state index is 0.311. The van der Waals surface area contributed by atoms with Crippen LogP contribution in [0.1, 0.15) is 55.7 Å². The van der Waals surface area contributed by atoms with Gasteiger partial charge in [0.05, 0.1) is 17.1 Å². The van der Waals surface area contributed by atoms with Crippen molar-refractivity contribution in [2.24, 2.45) is 4.99 Å². The van der Waals surface area contributed by atoms with Crippen molar-refractivity contribution in [2.45, 2.75) is 45.1 Å². The molecule has 0 unspecified atom stereocenters. The van der Waals surface area contributed by atoms with Crippen LogP contribution < -0.4 is 4.74 Å². The molecule has 2 aromatic carbocycles. The molecule has 7 heteroatoms. The first kappa shape index (κ1) is 21.6. The molecule has 1 fully saturated rings. The third-order valence-electron chi connectivity index (χ3n) is 6.10. The summed E-state index contributed by atoms with van der Waals surface area (Å²) < 4.78 is 8.27. The molecule has 0 aliphatic heterocycles. The Kier molecular flexibility index (Phi) is 6.09. The Balaban J connectivity index is 1.67. The van der Waals surface area contributed by atoms with E-state index in [4.69, 9.17) is 26.4 Å². The van der Waals surface area contributed by atoms with Crippen LogP contribution in [-0.4, -0.2) is 32.5 Å². The number of hydrogen-bond acceptors (Lipinski definition) is 5. The van der Waals surface area contributed by atoms with Crippen molar-refractivity contribution in [3.05, 3.63) is 76.8 Å². The van der Waals surface area contributed by atoms with E-state index in [9.17, 15) is 0 Å². The van der Waals surface area contributed by atoms with E-state index < -0.39 is 0 Å². The molecule has 5 rings (SSSR count). The summed E-state index contributed by atoms with van der Waals surface area (Å²) in [7, 11) is 1.77. The fourth-order valence-corrected chi connectivity index (χ4v) is 4.76. The van der Waals surface area contributed by atoms with Crippen LogP contribution in [0.2, 0.25) is 5.15 Å². The number of ether oxygens (including phenoxy) is 1. The van der Waals surface area contributed by atoms with Crippen LogP contribution in [0, 0.1) is 0 Å². The van der Waals surface area contributed by atoms with Gasteiger partial charge in [-0.25, -0.2) is 14.6 Å². The fraction of sp³-hybridized carbons (Fsp3) is 0.308. The van der Waals surface area contributed by atoms with Gasteiger partial charge in [-0.05, 0) is 37.1 Å². The standard InChI is InChI=1S/C26H26ClN5O/c1-3-21-29-25(27)22-24(31-32(26(22)30-21)17-11-7-8-12-17)23(28-2)19-15-9-10-16-20(19)33-18-13-5-4-6-14-18/h4-6,9-10,13-17H,3,7-8,11-12H2,1-2H3. The summed E-state index contributed by atoms with van der Waals surface area (Å²) >= 11 is 6.73. The van der Waals surface area contributed by atoms with E-state index in [-0.39, 0.29) is 0 Å². The van der Waals surface area contributed by atoms with Gasteiger partial charge in [-0.1, -0.05) is 61.7 Å². The maximum absolute atomic E-state index is 6.73. The highest BCUT2D eigenvalue weighted by Gasteiger charge is 2.28. The Bertz CT molecular complexity index is 1310. The van der Waals surface area contributed by atoms with Gasteiger partial charge in [-0.3, -0.25) is 4.99 Å². The van der Waals surface area contributed by atoms with Crippen molar-refractivity contribution >= 4 is 28.3 Å². The monoisotopic (exact) mass is 459 g/mol. The molecule has 168 valence electrons.